The Morgan fingerprint density at radius 1 is 1.11 bits per heavy atom. The molecule has 2 aliphatic heterocycles. The van der Waals surface area contributed by atoms with Gasteiger partial charge in [0.1, 0.15) is 5.76 Å². The fraction of sp³-hybridized carbons (Fsp3) is 0.261. The van der Waals surface area contributed by atoms with Gasteiger partial charge < -0.3 is 13.9 Å². The van der Waals surface area contributed by atoms with Crippen molar-refractivity contribution in [1.29, 1.82) is 0 Å². The molecule has 5 rings (SSSR count). The Morgan fingerprint density at radius 3 is 3.00 bits per heavy atom. The average molecular weight is 374 g/mol. The Bertz CT molecular complexity index is 981. The Hall–Kier alpha value is -3.05. The van der Waals surface area contributed by atoms with Crippen molar-refractivity contribution in [2.45, 2.75) is 12.3 Å². The molecule has 1 unspecified atom stereocenters. The first-order valence-electron chi connectivity index (χ1n) is 9.63. The summed E-state index contributed by atoms with van der Waals surface area (Å²) in [4.78, 5) is 7.05. The van der Waals surface area contributed by atoms with E-state index in [0.29, 0.717) is 12.7 Å². The molecule has 1 fully saturated rings. The van der Waals surface area contributed by atoms with E-state index in [2.05, 4.69) is 28.1 Å². The molecule has 5 heteroatoms. The van der Waals surface area contributed by atoms with Crippen molar-refractivity contribution in [3.8, 4) is 22.8 Å². The molecule has 0 aliphatic carbocycles. The zero-order valence-electron chi connectivity index (χ0n) is 15.6. The van der Waals surface area contributed by atoms with E-state index in [1.807, 2.05) is 42.6 Å². The molecule has 5 nitrogen and oxygen atoms in total. The summed E-state index contributed by atoms with van der Waals surface area (Å²) in [5.74, 6) is 3.03. The molecule has 4 heterocycles. The summed E-state index contributed by atoms with van der Waals surface area (Å²) in [6.07, 6.45) is 8.99. The van der Waals surface area contributed by atoms with Gasteiger partial charge in [-0.2, -0.15) is 0 Å². The SMILES string of the molecule is C(=C\c1ccco1)/CN1CCC(c2ccnc(-c3ccc4c(c3)OCO4)c2)C1. The highest BCUT2D eigenvalue weighted by Gasteiger charge is 2.23. The molecule has 1 aromatic carbocycles. The summed E-state index contributed by atoms with van der Waals surface area (Å²) in [7, 11) is 0. The molecule has 0 radical (unpaired) electrons. The van der Waals surface area contributed by atoms with Crippen LogP contribution in [-0.2, 0) is 0 Å². The van der Waals surface area contributed by atoms with Gasteiger partial charge in [0.15, 0.2) is 11.5 Å². The normalized spacial score (nSPS) is 18.9. The van der Waals surface area contributed by atoms with Gasteiger partial charge in [-0.05, 0) is 73.0 Å². The van der Waals surface area contributed by atoms with Crippen LogP contribution < -0.4 is 9.47 Å². The second kappa shape index (κ2) is 7.52. The number of rotatable bonds is 5. The van der Waals surface area contributed by atoms with Crippen LogP contribution in [0.4, 0.5) is 0 Å². The van der Waals surface area contributed by atoms with E-state index in [1.165, 1.54) is 12.0 Å². The topological polar surface area (TPSA) is 47.7 Å². The predicted molar refractivity (Wildman–Crippen MR) is 107 cm³/mol. The Balaban J connectivity index is 1.26. The largest absolute Gasteiger partial charge is 0.465 e. The van der Waals surface area contributed by atoms with E-state index in [4.69, 9.17) is 13.9 Å². The molecular formula is C23H22N2O3. The average Bonchev–Trinajstić information content (AvgIpc) is 3.49. The Labute approximate surface area is 164 Å². The minimum atomic E-state index is 0.290. The molecular weight excluding hydrogens is 352 g/mol. The van der Waals surface area contributed by atoms with E-state index in [0.717, 1.165) is 48.2 Å². The number of hydrogen-bond acceptors (Lipinski definition) is 5. The molecule has 0 N–H and O–H groups in total. The maximum absolute atomic E-state index is 5.50. The third-order valence-electron chi connectivity index (χ3n) is 5.39. The molecule has 3 aromatic rings. The smallest absolute Gasteiger partial charge is 0.231 e. The lowest BCUT2D eigenvalue weighted by Crippen LogP contribution is -2.20. The second-order valence-corrected chi connectivity index (χ2v) is 7.21. The van der Waals surface area contributed by atoms with E-state index in [1.54, 1.807) is 6.26 Å². The number of aromatic nitrogens is 1. The van der Waals surface area contributed by atoms with Gasteiger partial charge in [-0.25, -0.2) is 0 Å². The highest BCUT2D eigenvalue weighted by atomic mass is 16.7. The highest BCUT2D eigenvalue weighted by molar-refractivity contribution is 5.65. The molecule has 1 saturated heterocycles. The number of ether oxygens (including phenoxy) is 2. The van der Waals surface area contributed by atoms with E-state index in [9.17, 15) is 0 Å². The van der Waals surface area contributed by atoms with Crippen LogP contribution in [0.5, 0.6) is 11.5 Å². The fourth-order valence-electron chi connectivity index (χ4n) is 3.89. The lowest BCUT2D eigenvalue weighted by atomic mass is 9.97. The molecule has 0 bridgehead atoms. The third kappa shape index (κ3) is 3.53. The van der Waals surface area contributed by atoms with Crippen LogP contribution in [0.1, 0.15) is 23.7 Å². The Morgan fingerprint density at radius 2 is 2.07 bits per heavy atom. The van der Waals surface area contributed by atoms with E-state index < -0.39 is 0 Å². The molecule has 2 aromatic heterocycles. The monoisotopic (exact) mass is 374 g/mol. The lowest BCUT2D eigenvalue weighted by Gasteiger charge is -2.14. The maximum Gasteiger partial charge on any atom is 0.231 e. The van der Waals surface area contributed by atoms with Gasteiger partial charge >= 0.3 is 0 Å². The summed E-state index contributed by atoms with van der Waals surface area (Å²) in [5.41, 5.74) is 3.38. The molecule has 0 amide bonds. The highest BCUT2D eigenvalue weighted by Crippen LogP contribution is 2.36. The van der Waals surface area contributed by atoms with Crippen molar-refractivity contribution in [2.75, 3.05) is 26.4 Å². The van der Waals surface area contributed by atoms with Gasteiger partial charge in [-0.15, -0.1) is 0 Å². The molecule has 28 heavy (non-hydrogen) atoms. The van der Waals surface area contributed by atoms with Gasteiger partial charge in [0.25, 0.3) is 0 Å². The quantitative estimate of drug-likeness (QED) is 0.655. The van der Waals surface area contributed by atoms with Crippen LogP contribution in [0.2, 0.25) is 0 Å². The van der Waals surface area contributed by atoms with Gasteiger partial charge in [0.2, 0.25) is 6.79 Å². The third-order valence-corrected chi connectivity index (χ3v) is 5.39. The number of nitrogens with zero attached hydrogens (tertiary/aromatic N) is 2. The van der Waals surface area contributed by atoms with Gasteiger partial charge in [0.05, 0.1) is 12.0 Å². The van der Waals surface area contributed by atoms with Gasteiger partial charge in [-0.3, -0.25) is 9.88 Å². The summed E-state index contributed by atoms with van der Waals surface area (Å²) < 4.78 is 16.2. The van der Waals surface area contributed by atoms with Crippen LogP contribution in [-0.4, -0.2) is 36.3 Å². The number of pyridine rings is 1. The first kappa shape index (κ1) is 17.1. The summed E-state index contributed by atoms with van der Waals surface area (Å²) >= 11 is 0. The first-order chi connectivity index (χ1) is 13.8. The molecule has 2 aliphatic rings. The summed E-state index contributed by atoms with van der Waals surface area (Å²) in [6.45, 7) is 3.40. The van der Waals surface area contributed by atoms with E-state index >= 15 is 0 Å². The van der Waals surface area contributed by atoms with Crippen molar-refractivity contribution in [2.24, 2.45) is 0 Å². The van der Waals surface area contributed by atoms with Crippen LogP contribution >= 0.6 is 0 Å². The molecule has 0 saturated carbocycles. The van der Waals surface area contributed by atoms with Crippen LogP contribution in [0.15, 0.2) is 65.4 Å². The first-order valence-corrected chi connectivity index (χ1v) is 9.63. The summed E-state index contributed by atoms with van der Waals surface area (Å²) in [5, 5.41) is 0. The number of fused-ring (bicyclic) bond motifs is 1. The molecule has 142 valence electrons. The minimum absolute atomic E-state index is 0.290. The van der Waals surface area contributed by atoms with Gasteiger partial charge in [0, 0.05) is 24.8 Å². The molecule has 0 spiro atoms. The maximum atomic E-state index is 5.50. The van der Waals surface area contributed by atoms with Crippen molar-refractivity contribution in [3.05, 3.63) is 72.3 Å². The zero-order valence-corrected chi connectivity index (χ0v) is 15.6. The molecule has 1 atom stereocenters. The lowest BCUT2D eigenvalue weighted by molar-refractivity contribution is 0.174. The van der Waals surface area contributed by atoms with Gasteiger partial charge in [-0.1, -0.05) is 6.08 Å². The number of benzene rings is 1. The number of hydrogen-bond donors (Lipinski definition) is 0. The predicted octanol–water partition coefficient (Wildman–Crippen LogP) is 4.57. The van der Waals surface area contributed by atoms with Crippen molar-refractivity contribution in [1.82, 2.24) is 9.88 Å². The minimum Gasteiger partial charge on any atom is -0.465 e. The van der Waals surface area contributed by atoms with Crippen LogP contribution in [0, 0.1) is 0 Å². The van der Waals surface area contributed by atoms with Crippen molar-refractivity contribution < 1.29 is 13.9 Å². The standard InChI is InChI=1S/C23H22N2O3/c1(3-20-4-2-12-26-20)10-25-11-8-19(15-25)17-7-9-24-21(13-17)18-5-6-22-23(14-18)28-16-27-22/h1-7,9,12-14,19H,8,10-11,15-16H2/b3-1+. The van der Waals surface area contributed by atoms with E-state index in [-0.39, 0.29) is 0 Å². The summed E-state index contributed by atoms with van der Waals surface area (Å²) in [6, 6.07) is 14.2. The van der Waals surface area contributed by atoms with Crippen LogP contribution in [0.25, 0.3) is 17.3 Å². The van der Waals surface area contributed by atoms with Crippen molar-refractivity contribution in [3.63, 3.8) is 0 Å². The second-order valence-electron chi connectivity index (χ2n) is 7.21. The number of likely N-dealkylation sites (tertiary alicyclic amines) is 1. The van der Waals surface area contributed by atoms with Crippen LogP contribution in [0.3, 0.4) is 0 Å². The Kier molecular flexibility index (Phi) is 4.59. The number of furan rings is 1. The zero-order chi connectivity index (χ0) is 18.8. The van der Waals surface area contributed by atoms with Crippen molar-refractivity contribution >= 4 is 6.08 Å². The fourth-order valence-corrected chi connectivity index (χ4v) is 3.89.